The highest BCUT2D eigenvalue weighted by Crippen LogP contribution is 2.25. The molecule has 1 heterocycles. The maximum absolute atomic E-state index is 12.7. The molecule has 0 saturated carbocycles. The third-order valence-electron chi connectivity index (χ3n) is 4.01. The number of non-ortho nitro benzene ring substituents is 1. The molecule has 1 aromatic carbocycles. The second-order valence-corrected chi connectivity index (χ2v) is 5.89. The van der Waals surface area contributed by atoms with Crippen LogP contribution in [0.5, 0.6) is 0 Å². The lowest BCUT2D eigenvalue weighted by Gasteiger charge is -2.17. The third kappa shape index (κ3) is 5.38. The molecule has 2 aromatic rings. The van der Waals surface area contributed by atoms with Gasteiger partial charge in [0.1, 0.15) is 5.92 Å². The number of hydrogen-bond donors (Lipinski definition) is 1. The lowest BCUT2D eigenvalue weighted by molar-refractivity contribution is -0.384. The number of unbranched alkanes of at least 4 members (excludes halogenated alkanes) is 3. The molecule has 0 bridgehead atoms. The van der Waals surface area contributed by atoms with Crippen LogP contribution in [-0.2, 0) is 4.79 Å². The number of amides is 1. The Morgan fingerprint density at radius 3 is 2.52 bits per heavy atom. The first kappa shape index (κ1) is 18.6. The summed E-state index contributed by atoms with van der Waals surface area (Å²) in [4.78, 5) is 27.4. The fourth-order valence-electron chi connectivity index (χ4n) is 2.66. The van der Waals surface area contributed by atoms with E-state index in [4.69, 9.17) is 0 Å². The predicted octanol–water partition coefficient (Wildman–Crippen LogP) is 3.82. The standard InChI is InChI=1S/C19H23N3O3/c1-2-3-4-6-14-21-19(23)18(17-8-5-7-13-20-17)15-9-11-16(12-10-15)22(24)25/h5,7-13,18H,2-4,6,14H2,1H3,(H,21,23). The normalized spacial score (nSPS) is 11.7. The van der Waals surface area contributed by atoms with Crippen LogP contribution in [0.1, 0.15) is 49.8 Å². The zero-order chi connectivity index (χ0) is 18.1. The number of pyridine rings is 1. The number of benzene rings is 1. The number of carbonyl (C=O) groups is 1. The van der Waals surface area contributed by atoms with Crippen molar-refractivity contribution in [3.05, 3.63) is 70.0 Å². The van der Waals surface area contributed by atoms with Gasteiger partial charge in [-0.15, -0.1) is 0 Å². The van der Waals surface area contributed by atoms with Crippen LogP contribution in [0.2, 0.25) is 0 Å². The van der Waals surface area contributed by atoms with Gasteiger partial charge in [-0.2, -0.15) is 0 Å². The van der Waals surface area contributed by atoms with Crippen LogP contribution >= 0.6 is 0 Å². The Hall–Kier alpha value is -2.76. The smallest absolute Gasteiger partial charge is 0.269 e. The Kier molecular flexibility index (Phi) is 7.07. The second-order valence-electron chi connectivity index (χ2n) is 5.89. The molecule has 0 aliphatic rings. The van der Waals surface area contributed by atoms with Gasteiger partial charge in [0.2, 0.25) is 5.91 Å². The zero-order valence-electron chi connectivity index (χ0n) is 14.4. The summed E-state index contributed by atoms with van der Waals surface area (Å²) in [5.74, 6) is -0.711. The van der Waals surface area contributed by atoms with E-state index >= 15 is 0 Å². The van der Waals surface area contributed by atoms with Crippen molar-refractivity contribution in [1.82, 2.24) is 10.3 Å². The molecule has 1 N–H and O–H groups in total. The van der Waals surface area contributed by atoms with Crippen molar-refractivity contribution in [1.29, 1.82) is 0 Å². The summed E-state index contributed by atoms with van der Waals surface area (Å²) in [6.07, 6.45) is 5.97. The number of nitrogens with one attached hydrogen (secondary N) is 1. The molecule has 0 aliphatic heterocycles. The monoisotopic (exact) mass is 341 g/mol. The molecule has 1 atom stereocenters. The van der Waals surface area contributed by atoms with E-state index in [1.165, 1.54) is 12.1 Å². The predicted molar refractivity (Wildman–Crippen MR) is 96.3 cm³/mol. The van der Waals surface area contributed by atoms with Gasteiger partial charge in [0, 0.05) is 24.9 Å². The van der Waals surface area contributed by atoms with E-state index in [2.05, 4.69) is 17.2 Å². The van der Waals surface area contributed by atoms with Crippen LogP contribution in [0, 0.1) is 10.1 Å². The third-order valence-corrected chi connectivity index (χ3v) is 4.01. The van der Waals surface area contributed by atoms with Gasteiger partial charge < -0.3 is 5.32 Å². The molecule has 6 heteroatoms. The minimum Gasteiger partial charge on any atom is -0.355 e. The van der Waals surface area contributed by atoms with Crippen molar-refractivity contribution >= 4 is 11.6 Å². The van der Waals surface area contributed by atoms with Crippen LogP contribution < -0.4 is 5.32 Å². The van der Waals surface area contributed by atoms with E-state index in [1.807, 2.05) is 6.07 Å². The first-order valence-electron chi connectivity index (χ1n) is 8.56. The van der Waals surface area contributed by atoms with Crippen molar-refractivity contribution in [2.45, 2.75) is 38.5 Å². The zero-order valence-corrected chi connectivity index (χ0v) is 14.4. The molecule has 0 radical (unpaired) electrons. The van der Waals surface area contributed by atoms with Crippen LogP contribution in [0.3, 0.4) is 0 Å². The lowest BCUT2D eigenvalue weighted by atomic mass is 9.94. The van der Waals surface area contributed by atoms with Gasteiger partial charge in [-0.3, -0.25) is 19.9 Å². The lowest BCUT2D eigenvalue weighted by Crippen LogP contribution is -2.31. The molecule has 6 nitrogen and oxygen atoms in total. The van der Waals surface area contributed by atoms with Gasteiger partial charge in [0.05, 0.1) is 10.6 Å². The molecule has 0 saturated heterocycles. The summed E-state index contributed by atoms with van der Waals surface area (Å²) >= 11 is 0. The molecule has 1 unspecified atom stereocenters. The van der Waals surface area contributed by atoms with Crippen molar-refractivity contribution in [3.63, 3.8) is 0 Å². The molecule has 0 spiro atoms. The summed E-state index contributed by atoms with van der Waals surface area (Å²) < 4.78 is 0. The Balaban J connectivity index is 2.16. The summed E-state index contributed by atoms with van der Waals surface area (Å²) in [5, 5.41) is 13.8. The van der Waals surface area contributed by atoms with Crippen molar-refractivity contribution in [2.24, 2.45) is 0 Å². The summed E-state index contributed by atoms with van der Waals surface area (Å²) in [5.41, 5.74) is 1.32. The fraction of sp³-hybridized carbons (Fsp3) is 0.368. The highest BCUT2D eigenvalue weighted by molar-refractivity contribution is 5.86. The minimum absolute atomic E-state index is 0.00324. The molecule has 132 valence electrons. The largest absolute Gasteiger partial charge is 0.355 e. The number of nitro groups is 1. The Morgan fingerprint density at radius 2 is 1.92 bits per heavy atom. The van der Waals surface area contributed by atoms with E-state index < -0.39 is 10.8 Å². The topological polar surface area (TPSA) is 85.1 Å². The number of aromatic nitrogens is 1. The quantitative estimate of drug-likeness (QED) is 0.427. The molecular weight excluding hydrogens is 318 g/mol. The average Bonchev–Trinajstić information content (AvgIpc) is 2.63. The van der Waals surface area contributed by atoms with E-state index in [-0.39, 0.29) is 11.6 Å². The number of hydrogen-bond acceptors (Lipinski definition) is 4. The van der Waals surface area contributed by atoms with Gasteiger partial charge in [-0.1, -0.05) is 44.4 Å². The van der Waals surface area contributed by atoms with Crippen molar-refractivity contribution in [3.8, 4) is 0 Å². The molecule has 0 fully saturated rings. The van der Waals surface area contributed by atoms with Crippen molar-refractivity contribution < 1.29 is 9.72 Å². The minimum atomic E-state index is -0.576. The van der Waals surface area contributed by atoms with E-state index in [0.717, 1.165) is 25.7 Å². The molecular formula is C19H23N3O3. The average molecular weight is 341 g/mol. The van der Waals surface area contributed by atoms with Gasteiger partial charge >= 0.3 is 0 Å². The Morgan fingerprint density at radius 1 is 1.16 bits per heavy atom. The van der Waals surface area contributed by atoms with Gasteiger partial charge in [-0.25, -0.2) is 0 Å². The van der Waals surface area contributed by atoms with E-state index in [9.17, 15) is 14.9 Å². The molecule has 0 aliphatic carbocycles. The number of nitro benzene ring substituents is 1. The molecule has 1 aromatic heterocycles. The van der Waals surface area contributed by atoms with Crippen LogP contribution in [-0.4, -0.2) is 22.4 Å². The molecule has 2 rings (SSSR count). The van der Waals surface area contributed by atoms with Crippen molar-refractivity contribution in [2.75, 3.05) is 6.54 Å². The summed E-state index contributed by atoms with van der Waals surface area (Å²) in [6, 6.07) is 11.5. The van der Waals surface area contributed by atoms with Crippen LogP contribution in [0.25, 0.3) is 0 Å². The maximum Gasteiger partial charge on any atom is 0.269 e. The van der Waals surface area contributed by atoms with Gasteiger partial charge in [0.15, 0.2) is 0 Å². The number of rotatable bonds is 9. The van der Waals surface area contributed by atoms with E-state index in [1.54, 1.807) is 30.5 Å². The SMILES string of the molecule is CCCCCCNC(=O)C(c1ccc([N+](=O)[O-])cc1)c1ccccn1. The van der Waals surface area contributed by atoms with Crippen LogP contribution in [0.4, 0.5) is 5.69 Å². The Bertz CT molecular complexity index is 687. The van der Waals surface area contributed by atoms with Gasteiger partial charge in [-0.05, 0) is 24.1 Å². The number of nitrogens with zero attached hydrogens (tertiary/aromatic N) is 2. The van der Waals surface area contributed by atoms with E-state index in [0.29, 0.717) is 17.8 Å². The summed E-state index contributed by atoms with van der Waals surface area (Å²) in [7, 11) is 0. The second kappa shape index (κ2) is 9.52. The van der Waals surface area contributed by atoms with Gasteiger partial charge in [0.25, 0.3) is 5.69 Å². The molecule has 25 heavy (non-hydrogen) atoms. The fourth-order valence-corrected chi connectivity index (χ4v) is 2.66. The highest BCUT2D eigenvalue weighted by atomic mass is 16.6. The molecule has 1 amide bonds. The first-order valence-corrected chi connectivity index (χ1v) is 8.56. The maximum atomic E-state index is 12.7. The first-order chi connectivity index (χ1) is 12.1. The number of carbonyl (C=O) groups excluding carboxylic acids is 1. The Labute approximate surface area is 147 Å². The highest BCUT2D eigenvalue weighted by Gasteiger charge is 2.24. The summed E-state index contributed by atoms with van der Waals surface area (Å²) in [6.45, 7) is 2.76. The van der Waals surface area contributed by atoms with Crippen LogP contribution in [0.15, 0.2) is 48.7 Å².